The minimum Gasteiger partial charge on any atom is -0.314 e. The fraction of sp³-hybridized carbons (Fsp3) is 0.812. The molecule has 3 saturated heterocycles. The van der Waals surface area contributed by atoms with Crippen LogP contribution in [0.3, 0.4) is 0 Å². The first kappa shape index (κ1) is 16.5. The van der Waals surface area contributed by atoms with Crippen LogP contribution in [0, 0.1) is 5.92 Å². The summed E-state index contributed by atoms with van der Waals surface area (Å²) in [6, 6.07) is -0.831. The van der Waals surface area contributed by atoms with E-state index < -0.39 is 11.7 Å². The molecule has 2 N–H and O–H groups in total. The molecular formula is C16H23N7O2S. The lowest BCUT2D eigenvalue weighted by atomic mass is 9.93. The molecule has 140 valence electrons. The van der Waals surface area contributed by atoms with E-state index in [9.17, 15) is 9.59 Å². The number of aromatic amines is 1. The number of amides is 2. The van der Waals surface area contributed by atoms with Crippen LogP contribution in [0.25, 0.3) is 0 Å². The Bertz CT molecular complexity index is 776. The molecule has 4 heterocycles. The van der Waals surface area contributed by atoms with E-state index in [0.29, 0.717) is 11.7 Å². The number of fused-ring (bicyclic) bond motifs is 1. The number of carbonyl (C=O) groups is 2. The molecule has 5 rings (SSSR count). The molecule has 4 aliphatic rings. The van der Waals surface area contributed by atoms with E-state index in [1.807, 2.05) is 18.7 Å². The van der Waals surface area contributed by atoms with Crippen LogP contribution in [0.2, 0.25) is 0 Å². The highest BCUT2D eigenvalue weighted by atomic mass is 32.2. The Kier molecular flexibility index (Phi) is 3.16. The summed E-state index contributed by atoms with van der Waals surface area (Å²) in [6.07, 6.45) is 2.17. The largest absolute Gasteiger partial charge is 0.314 e. The second kappa shape index (κ2) is 4.98. The van der Waals surface area contributed by atoms with Gasteiger partial charge in [0.15, 0.2) is 5.82 Å². The molecule has 1 aromatic rings. The van der Waals surface area contributed by atoms with Gasteiger partial charge in [-0.2, -0.15) is 5.21 Å². The molecule has 10 heteroatoms. The normalized spacial score (nSPS) is 37.8. The second-order valence-corrected chi connectivity index (χ2v) is 10.5. The van der Waals surface area contributed by atoms with Crippen molar-refractivity contribution in [3.8, 4) is 0 Å². The van der Waals surface area contributed by atoms with Crippen molar-refractivity contribution in [1.82, 2.24) is 35.7 Å². The van der Waals surface area contributed by atoms with Crippen molar-refractivity contribution in [3.05, 3.63) is 5.82 Å². The fourth-order valence-electron chi connectivity index (χ4n) is 4.71. The van der Waals surface area contributed by atoms with Crippen LogP contribution in [-0.2, 0) is 9.59 Å². The van der Waals surface area contributed by atoms with Gasteiger partial charge >= 0.3 is 0 Å². The highest BCUT2D eigenvalue weighted by Gasteiger charge is 2.68. The summed E-state index contributed by atoms with van der Waals surface area (Å²) in [7, 11) is 0. The summed E-state index contributed by atoms with van der Waals surface area (Å²) in [6.45, 7) is 8.16. The number of hydrogen-bond donors (Lipinski definition) is 2. The third-order valence-corrected chi connectivity index (χ3v) is 7.56. The number of hydrogen-bond acceptors (Lipinski definition) is 7. The Balaban J connectivity index is 1.46. The average molecular weight is 377 g/mol. The second-order valence-electron chi connectivity index (χ2n) is 8.70. The Morgan fingerprint density at radius 3 is 2.50 bits per heavy atom. The van der Waals surface area contributed by atoms with Crippen molar-refractivity contribution in [2.24, 2.45) is 5.92 Å². The number of thioether (sulfide) groups is 1. The Labute approximate surface area is 155 Å². The van der Waals surface area contributed by atoms with Gasteiger partial charge in [-0.05, 0) is 46.5 Å². The molecule has 1 saturated carbocycles. The van der Waals surface area contributed by atoms with Crippen LogP contribution in [0.4, 0.5) is 0 Å². The van der Waals surface area contributed by atoms with Gasteiger partial charge in [0, 0.05) is 4.75 Å². The maximum Gasteiger partial charge on any atom is 0.250 e. The SMILES string of the molecule is CC1(C)S[C@H]2C(N3C(=O)C(C4CC4)NC3(C)C)C(=O)N2C1c1nn[nH]n1. The summed E-state index contributed by atoms with van der Waals surface area (Å²) < 4.78 is -0.255. The Morgan fingerprint density at radius 2 is 1.88 bits per heavy atom. The number of rotatable bonds is 3. The number of carbonyl (C=O) groups excluding carboxylic acids is 2. The summed E-state index contributed by atoms with van der Waals surface area (Å²) >= 11 is 1.71. The van der Waals surface area contributed by atoms with Crippen LogP contribution >= 0.6 is 11.8 Å². The van der Waals surface area contributed by atoms with Crippen molar-refractivity contribution in [1.29, 1.82) is 0 Å². The van der Waals surface area contributed by atoms with Gasteiger partial charge in [0.2, 0.25) is 11.8 Å². The quantitative estimate of drug-likeness (QED) is 0.727. The van der Waals surface area contributed by atoms with Crippen molar-refractivity contribution < 1.29 is 9.59 Å². The molecule has 4 atom stereocenters. The van der Waals surface area contributed by atoms with E-state index in [2.05, 4.69) is 39.8 Å². The number of β-lactam (4-membered cyclic amide) rings is 1. The molecule has 2 amide bonds. The van der Waals surface area contributed by atoms with E-state index in [1.54, 1.807) is 16.7 Å². The lowest BCUT2D eigenvalue weighted by Gasteiger charge is -2.50. The third-order valence-electron chi connectivity index (χ3n) is 6.01. The number of tetrazole rings is 1. The van der Waals surface area contributed by atoms with Crippen LogP contribution in [0.1, 0.15) is 52.4 Å². The van der Waals surface area contributed by atoms with E-state index in [4.69, 9.17) is 0 Å². The summed E-state index contributed by atoms with van der Waals surface area (Å²) in [4.78, 5) is 29.9. The van der Waals surface area contributed by atoms with Gasteiger partial charge in [-0.1, -0.05) is 5.21 Å². The Morgan fingerprint density at radius 1 is 1.15 bits per heavy atom. The standard InChI is InChI=1S/C16H23N7O2S/c1-15(2)10(11-18-20-21-19-11)22-13(25)9(14(22)26-15)23-12(24)8(7-5-6-7)17-16(23,3)4/h7-10,14,17H,5-6H2,1-4H3,(H,18,19,20,21)/t8?,9?,10?,14-/m0/s1. The van der Waals surface area contributed by atoms with Crippen LogP contribution < -0.4 is 5.32 Å². The molecule has 1 aliphatic carbocycles. The van der Waals surface area contributed by atoms with Gasteiger partial charge in [0.1, 0.15) is 17.5 Å². The zero-order valence-corrected chi connectivity index (χ0v) is 16.1. The lowest BCUT2D eigenvalue weighted by molar-refractivity contribution is -0.165. The summed E-state index contributed by atoms with van der Waals surface area (Å²) in [5, 5.41) is 17.7. The highest BCUT2D eigenvalue weighted by molar-refractivity contribution is 8.01. The minimum absolute atomic E-state index is 0.0254. The van der Waals surface area contributed by atoms with E-state index in [1.165, 1.54) is 0 Å². The minimum atomic E-state index is -0.522. The smallest absolute Gasteiger partial charge is 0.250 e. The molecule has 4 fully saturated rings. The zero-order chi connectivity index (χ0) is 18.4. The van der Waals surface area contributed by atoms with Gasteiger partial charge < -0.3 is 9.80 Å². The van der Waals surface area contributed by atoms with Crippen molar-refractivity contribution in [2.45, 2.75) is 74.4 Å². The molecule has 0 spiro atoms. The molecule has 3 aliphatic heterocycles. The Hall–Kier alpha value is -1.68. The third kappa shape index (κ3) is 2.05. The average Bonchev–Trinajstić information content (AvgIpc) is 3.12. The summed E-state index contributed by atoms with van der Waals surface area (Å²) in [5.74, 6) is 0.982. The van der Waals surface area contributed by atoms with Gasteiger partial charge in [-0.25, -0.2) is 0 Å². The number of H-pyrrole nitrogens is 1. The van der Waals surface area contributed by atoms with E-state index in [-0.39, 0.29) is 34.0 Å². The van der Waals surface area contributed by atoms with Gasteiger partial charge in [0.05, 0.1) is 11.7 Å². The molecule has 0 radical (unpaired) electrons. The van der Waals surface area contributed by atoms with E-state index >= 15 is 0 Å². The lowest BCUT2D eigenvalue weighted by Crippen LogP contribution is -2.71. The molecule has 0 bridgehead atoms. The predicted molar refractivity (Wildman–Crippen MR) is 93.6 cm³/mol. The molecule has 0 aromatic carbocycles. The first-order valence-electron chi connectivity index (χ1n) is 9.06. The van der Waals surface area contributed by atoms with Crippen molar-refractivity contribution in [2.75, 3.05) is 0 Å². The molecule has 1 aromatic heterocycles. The maximum absolute atomic E-state index is 13.2. The predicted octanol–water partition coefficient (Wildman–Crippen LogP) is 0.250. The number of aromatic nitrogens is 4. The van der Waals surface area contributed by atoms with Gasteiger partial charge in [-0.15, -0.1) is 22.0 Å². The monoisotopic (exact) mass is 377 g/mol. The van der Waals surface area contributed by atoms with Crippen molar-refractivity contribution in [3.63, 3.8) is 0 Å². The first-order chi connectivity index (χ1) is 12.2. The topological polar surface area (TPSA) is 107 Å². The number of nitrogens with zero attached hydrogens (tertiary/aromatic N) is 5. The van der Waals surface area contributed by atoms with Crippen LogP contribution in [0.5, 0.6) is 0 Å². The van der Waals surface area contributed by atoms with Crippen LogP contribution in [0.15, 0.2) is 0 Å². The molecule has 3 unspecified atom stereocenters. The van der Waals surface area contributed by atoms with Gasteiger partial charge in [-0.3, -0.25) is 14.9 Å². The number of nitrogens with one attached hydrogen (secondary N) is 2. The first-order valence-corrected chi connectivity index (χ1v) is 9.94. The molecule has 9 nitrogen and oxygen atoms in total. The highest BCUT2D eigenvalue weighted by Crippen LogP contribution is 2.58. The molecule has 26 heavy (non-hydrogen) atoms. The maximum atomic E-state index is 13.2. The summed E-state index contributed by atoms with van der Waals surface area (Å²) in [5.41, 5.74) is -0.522. The van der Waals surface area contributed by atoms with Gasteiger partial charge in [0.25, 0.3) is 0 Å². The van der Waals surface area contributed by atoms with E-state index in [0.717, 1.165) is 12.8 Å². The fourth-order valence-corrected chi connectivity index (χ4v) is 6.38. The molecular weight excluding hydrogens is 354 g/mol. The van der Waals surface area contributed by atoms with Crippen molar-refractivity contribution >= 4 is 23.6 Å². The van der Waals surface area contributed by atoms with Crippen LogP contribution in [-0.4, -0.2) is 70.1 Å². The zero-order valence-electron chi connectivity index (χ0n) is 15.3.